The van der Waals surface area contributed by atoms with Crippen LogP contribution in [0.25, 0.3) is 10.8 Å². The molecule has 0 N–H and O–H groups in total. The first-order chi connectivity index (χ1) is 12.3. The summed E-state index contributed by atoms with van der Waals surface area (Å²) in [6, 6.07) is 13.9. The monoisotopic (exact) mass is 354 g/mol. The van der Waals surface area contributed by atoms with Gasteiger partial charge in [-0.1, -0.05) is 30.3 Å². The fourth-order valence-corrected chi connectivity index (χ4v) is 3.80. The van der Waals surface area contributed by atoms with Gasteiger partial charge in [0.15, 0.2) is 10.8 Å². The van der Waals surface area contributed by atoms with Crippen molar-refractivity contribution in [3.8, 4) is 10.8 Å². The molecule has 2 aromatic heterocycles. The molecule has 5 nitrogen and oxygen atoms in total. The minimum absolute atomic E-state index is 0.0108. The zero-order valence-corrected chi connectivity index (χ0v) is 14.4. The molecule has 1 fully saturated rings. The van der Waals surface area contributed by atoms with Gasteiger partial charge < -0.3 is 14.1 Å². The molecule has 1 aliphatic heterocycles. The van der Waals surface area contributed by atoms with E-state index in [0.29, 0.717) is 30.3 Å². The standard InChI is InChI=1S/C19H18N2O3S/c22-19(17-12-20-18(25-17)16-7-4-9-24-16)21-8-10-23-15(13-21)11-14-5-2-1-3-6-14/h1-7,9,12,15H,8,10-11,13H2. The van der Waals surface area contributed by atoms with Gasteiger partial charge in [0.25, 0.3) is 5.91 Å². The van der Waals surface area contributed by atoms with E-state index in [1.807, 2.05) is 35.2 Å². The van der Waals surface area contributed by atoms with E-state index in [1.165, 1.54) is 16.9 Å². The number of carbonyl (C=O) groups is 1. The van der Waals surface area contributed by atoms with Crippen molar-refractivity contribution in [2.75, 3.05) is 19.7 Å². The van der Waals surface area contributed by atoms with E-state index in [2.05, 4.69) is 17.1 Å². The maximum absolute atomic E-state index is 12.8. The largest absolute Gasteiger partial charge is 0.462 e. The average Bonchev–Trinajstić information content (AvgIpc) is 3.34. The Balaban J connectivity index is 1.43. The number of hydrogen-bond donors (Lipinski definition) is 0. The molecule has 6 heteroatoms. The van der Waals surface area contributed by atoms with Gasteiger partial charge in [-0.3, -0.25) is 4.79 Å². The van der Waals surface area contributed by atoms with Crippen LogP contribution in [0.15, 0.2) is 59.3 Å². The summed E-state index contributed by atoms with van der Waals surface area (Å²) in [5.41, 5.74) is 1.22. The molecule has 0 saturated carbocycles. The maximum Gasteiger partial charge on any atom is 0.265 e. The number of hydrogen-bond acceptors (Lipinski definition) is 5. The number of ether oxygens (including phenoxy) is 1. The fraction of sp³-hybridized carbons (Fsp3) is 0.263. The predicted octanol–water partition coefficient (Wildman–Crippen LogP) is 3.49. The minimum Gasteiger partial charge on any atom is -0.462 e. The zero-order chi connectivity index (χ0) is 17.1. The van der Waals surface area contributed by atoms with E-state index < -0.39 is 0 Å². The number of morpholine rings is 1. The van der Waals surface area contributed by atoms with Gasteiger partial charge in [-0.25, -0.2) is 4.98 Å². The summed E-state index contributed by atoms with van der Waals surface area (Å²) in [5.74, 6) is 0.699. The molecule has 0 radical (unpaired) electrons. The topological polar surface area (TPSA) is 55.6 Å². The van der Waals surface area contributed by atoms with E-state index in [9.17, 15) is 4.79 Å². The molecule has 1 unspecified atom stereocenters. The number of furan rings is 1. The van der Waals surface area contributed by atoms with Crippen LogP contribution >= 0.6 is 11.3 Å². The third kappa shape index (κ3) is 3.65. The van der Waals surface area contributed by atoms with Gasteiger partial charge in [0.1, 0.15) is 4.88 Å². The molecule has 1 amide bonds. The second-order valence-corrected chi connectivity index (χ2v) is 6.97. The normalized spacial score (nSPS) is 17.6. The average molecular weight is 354 g/mol. The molecule has 128 valence electrons. The van der Waals surface area contributed by atoms with Crippen molar-refractivity contribution >= 4 is 17.2 Å². The second kappa shape index (κ2) is 7.21. The van der Waals surface area contributed by atoms with Crippen molar-refractivity contribution in [3.63, 3.8) is 0 Å². The number of carbonyl (C=O) groups excluding carboxylic acids is 1. The first kappa shape index (κ1) is 16.1. The molecule has 1 atom stereocenters. The smallest absolute Gasteiger partial charge is 0.265 e. The highest BCUT2D eigenvalue weighted by Crippen LogP contribution is 2.26. The molecule has 3 aromatic rings. The summed E-state index contributed by atoms with van der Waals surface area (Å²) in [6.45, 7) is 1.77. The first-order valence-corrected chi connectivity index (χ1v) is 9.06. The Labute approximate surface area is 149 Å². The molecule has 1 aliphatic rings. The SMILES string of the molecule is O=C(c1cnc(-c2ccco2)s1)N1CCOC(Cc2ccccc2)C1. The van der Waals surface area contributed by atoms with Crippen molar-refractivity contribution in [1.82, 2.24) is 9.88 Å². The van der Waals surface area contributed by atoms with Crippen LogP contribution in [0.1, 0.15) is 15.2 Å². The lowest BCUT2D eigenvalue weighted by atomic mass is 10.1. The van der Waals surface area contributed by atoms with E-state index in [-0.39, 0.29) is 12.0 Å². The molecule has 1 saturated heterocycles. The van der Waals surface area contributed by atoms with E-state index >= 15 is 0 Å². The van der Waals surface area contributed by atoms with Crippen molar-refractivity contribution in [1.29, 1.82) is 0 Å². The van der Waals surface area contributed by atoms with Crippen LogP contribution in [0.3, 0.4) is 0 Å². The number of amides is 1. The lowest BCUT2D eigenvalue weighted by Gasteiger charge is -2.32. The molecule has 0 bridgehead atoms. The van der Waals surface area contributed by atoms with Crippen LogP contribution in [-0.2, 0) is 11.2 Å². The Morgan fingerprint density at radius 1 is 1.24 bits per heavy atom. The van der Waals surface area contributed by atoms with Gasteiger partial charge in [0.05, 0.1) is 25.2 Å². The highest BCUT2D eigenvalue weighted by atomic mass is 32.1. The number of benzene rings is 1. The molecular formula is C19H18N2O3S. The fourth-order valence-electron chi connectivity index (χ4n) is 2.95. The van der Waals surface area contributed by atoms with Crippen LogP contribution in [0.4, 0.5) is 0 Å². The van der Waals surface area contributed by atoms with Gasteiger partial charge in [-0.2, -0.15) is 0 Å². The summed E-state index contributed by atoms with van der Waals surface area (Å²) in [4.78, 5) is 19.6. The lowest BCUT2D eigenvalue weighted by molar-refractivity contribution is -0.0206. The molecule has 3 heterocycles. The summed E-state index contributed by atoms with van der Waals surface area (Å²) in [7, 11) is 0. The molecule has 4 rings (SSSR count). The van der Waals surface area contributed by atoms with Crippen molar-refractivity contribution in [2.45, 2.75) is 12.5 Å². The van der Waals surface area contributed by atoms with Crippen LogP contribution in [0, 0.1) is 0 Å². The van der Waals surface area contributed by atoms with Crippen molar-refractivity contribution in [2.24, 2.45) is 0 Å². The quantitative estimate of drug-likeness (QED) is 0.720. The van der Waals surface area contributed by atoms with E-state index in [0.717, 1.165) is 11.4 Å². The Kier molecular flexibility index (Phi) is 4.63. The number of aromatic nitrogens is 1. The Bertz CT molecular complexity index is 829. The summed E-state index contributed by atoms with van der Waals surface area (Å²) >= 11 is 1.36. The summed E-state index contributed by atoms with van der Waals surface area (Å²) in [5, 5.41) is 0.724. The van der Waals surface area contributed by atoms with E-state index in [1.54, 1.807) is 12.5 Å². The zero-order valence-electron chi connectivity index (χ0n) is 13.6. The maximum atomic E-state index is 12.8. The molecule has 0 spiro atoms. The number of thiazole rings is 1. The van der Waals surface area contributed by atoms with Crippen LogP contribution in [0.2, 0.25) is 0 Å². The van der Waals surface area contributed by atoms with Crippen LogP contribution in [-0.4, -0.2) is 41.6 Å². The van der Waals surface area contributed by atoms with Crippen molar-refractivity contribution < 1.29 is 13.9 Å². The Morgan fingerprint density at radius 2 is 2.12 bits per heavy atom. The van der Waals surface area contributed by atoms with Gasteiger partial charge in [0.2, 0.25) is 0 Å². The minimum atomic E-state index is 0.0108. The van der Waals surface area contributed by atoms with Gasteiger partial charge >= 0.3 is 0 Å². The van der Waals surface area contributed by atoms with Crippen molar-refractivity contribution in [3.05, 3.63) is 65.4 Å². The van der Waals surface area contributed by atoms with E-state index in [4.69, 9.17) is 9.15 Å². The third-order valence-corrected chi connectivity index (χ3v) is 5.18. The molecule has 1 aromatic carbocycles. The van der Waals surface area contributed by atoms with Gasteiger partial charge in [-0.15, -0.1) is 11.3 Å². The molecule has 0 aliphatic carbocycles. The van der Waals surface area contributed by atoms with Gasteiger partial charge in [0, 0.05) is 19.5 Å². The van der Waals surface area contributed by atoms with Crippen LogP contribution in [0.5, 0.6) is 0 Å². The Hall–Kier alpha value is -2.44. The summed E-state index contributed by atoms with van der Waals surface area (Å²) in [6.07, 6.45) is 4.07. The highest BCUT2D eigenvalue weighted by Gasteiger charge is 2.26. The third-order valence-electron chi connectivity index (χ3n) is 4.18. The van der Waals surface area contributed by atoms with Crippen LogP contribution < -0.4 is 0 Å². The predicted molar refractivity (Wildman–Crippen MR) is 95.6 cm³/mol. The lowest BCUT2D eigenvalue weighted by Crippen LogP contribution is -2.46. The molecular weight excluding hydrogens is 336 g/mol. The first-order valence-electron chi connectivity index (χ1n) is 8.24. The number of nitrogens with zero attached hydrogens (tertiary/aromatic N) is 2. The summed E-state index contributed by atoms with van der Waals surface area (Å²) < 4.78 is 11.2. The van der Waals surface area contributed by atoms with Gasteiger partial charge in [-0.05, 0) is 17.7 Å². The second-order valence-electron chi connectivity index (χ2n) is 5.94. The highest BCUT2D eigenvalue weighted by molar-refractivity contribution is 7.16. The number of rotatable bonds is 4. The Morgan fingerprint density at radius 3 is 2.92 bits per heavy atom. The molecule has 25 heavy (non-hydrogen) atoms.